The van der Waals surface area contributed by atoms with Gasteiger partial charge in [-0.2, -0.15) is 0 Å². The molecule has 1 aliphatic carbocycles. The topological polar surface area (TPSA) is 25.2 Å². The van der Waals surface area contributed by atoms with Crippen LogP contribution in [0.4, 0.5) is 11.4 Å². The molecule has 0 radical (unpaired) electrons. The normalized spacial score (nSPS) is 17.3. The Morgan fingerprint density at radius 3 is 1.97 bits per heavy atom. The molecule has 0 aliphatic heterocycles. The van der Waals surface area contributed by atoms with Crippen LogP contribution in [-0.4, -0.2) is 0 Å². The lowest BCUT2D eigenvalue weighted by Gasteiger charge is -2.42. The average molecular weight is 440 g/mol. The molecule has 0 saturated carbocycles. The molecule has 33 heavy (non-hydrogen) atoms. The van der Waals surface area contributed by atoms with Gasteiger partial charge in [-0.05, 0) is 94.7 Å². The first-order valence-corrected chi connectivity index (χ1v) is 12.2. The van der Waals surface area contributed by atoms with Crippen molar-refractivity contribution in [2.75, 3.05) is 5.32 Å². The number of anilines is 2. The molecule has 2 heteroatoms. The highest BCUT2D eigenvalue weighted by atomic mass is 16.3. The molecule has 0 spiro atoms. The lowest BCUT2D eigenvalue weighted by atomic mass is 9.63. The molecule has 1 aliphatic rings. The van der Waals surface area contributed by atoms with E-state index in [0.717, 1.165) is 22.2 Å². The Morgan fingerprint density at radius 1 is 0.758 bits per heavy atom. The molecular weight excluding hydrogens is 402 g/mol. The highest BCUT2D eigenvalue weighted by Crippen LogP contribution is 2.47. The SMILES string of the molecule is Cc1cc2c(cc1Nc1ccc3oc4ccc(C(C)(C)C)cc4c3c1)C(C)(C)CCC2(C)C. The fourth-order valence-electron chi connectivity index (χ4n) is 5.33. The summed E-state index contributed by atoms with van der Waals surface area (Å²) < 4.78 is 6.15. The minimum absolute atomic E-state index is 0.106. The van der Waals surface area contributed by atoms with E-state index in [0.29, 0.717) is 0 Å². The van der Waals surface area contributed by atoms with Crippen LogP contribution < -0.4 is 5.32 Å². The molecule has 172 valence electrons. The van der Waals surface area contributed by atoms with Gasteiger partial charge < -0.3 is 9.73 Å². The molecule has 4 aromatic rings. The highest BCUT2D eigenvalue weighted by molar-refractivity contribution is 6.06. The van der Waals surface area contributed by atoms with Crippen molar-refractivity contribution in [2.24, 2.45) is 0 Å². The molecule has 0 atom stereocenters. The van der Waals surface area contributed by atoms with Gasteiger partial charge in [0.05, 0.1) is 0 Å². The summed E-state index contributed by atoms with van der Waals surface area (Å²) in [6.45, 7) is 18.5. The van der Waals surface area contributed by atoms with E-state index in [-0.39, 0.29) is 16.2 Å². The summed E-state index contributed by atoms with van der Waals surface area (Å²) in [5.41, 5.74) is 10.3. The van der Waals surface area contributed by atoms with E-state index in [9.17, 15) is 0 Å². The fourth-order valence-corrected chi connectivity index (χ4v) is 5.33. The molecule has 0 amide bonds. The third-order valence-corrected chi connectivity index (χ3v) is 7.81. The van der Waals surface area contributed by atoms with Crippen molar-refractivity contribution in [1.29, 1.82) is 0 Å². The van der Waals surface area contributed by atoms with Gasteiger partial charge in [-0.1, -0.05) is 60.6 Å². The van der Waals surface area contributed by atoms with Crippen LogP contribution in [0.1, 0.15) is 83.6 Å². The fraction of sp³-hybridized carbons (Fsp3) is 0.419. The number of hydrogen-bond acceptors (Lipinski definition) is 2. The van der Waals surface area contributed by atoms with Gasteiger partial charge in [-0.15, -0.1) is 0 Å². The van der Waals surface area contributed by atoms with Crippen molar-refractivity contribution in [3.8, 4) is 0 Å². The number of fused-ring (bicyclic) bond motifs is 4. The zero-order valence-electron chi connectivity index (χ0n) is 21.4. The van der Waals surface area contributed by atoms with Gasteiger partial charge in [0, 0.05) is 22.1 Å². The molecule has 1 N–H and O–H groups in total. The Kier molecular flexibility index (Phi) is 4.77. The van der Waals surface area contributed by atoms with E-state index in [4.69, 9.17) is 4.42 Å². The summed E-state index contributed by atoms with van der Waals surface area (Å²) >= 11 is 0. The van der Waals surface area contributed by atoms with Gasteiger partial charge in [-0.3, -0.25) is 0 Å². The summed E-state index contributed by atoms with van der Waals surface area (Å²) in [6, 6.07) is 17.9. The first-order valence-electron chi connectivity index (χ1n) is 12.2. The quantitative estimate of drug-likeness (QED) is 0.336. The van der Waals surface area contributed by atoms with Gasteiger partial charge in [0.2, 0.25) is 0 Å². The molecule has 0 bridgehead atoms. The van der Waals surface area contributed by atoms with Crippen LogP contribution in [0.2, 0.25) is 0 Å². The van der Waals surface area contributed by atoms with Gasteiger partial charge in [-0.25, -0.2) is 0 Å². The predicted octanol–water partition coefficient (Wildman–Crippen LogP) is 9.28. The van der Waals surface area contributed by atoms with Crippen LogP contribution in [0.3, 0.4) is 0 Å². The van der Waals surface area contributed by atoms with Crippen molar-refractivity contribution in [3.63, 3.8) is 0 Å². The molecule has 1 heterocycles. The summed E-state index contributed by atoms with van der Waals surface area (Å²) in [7, 11) is 0. The van der Waals surface area contributed by atoms with E-state index < -0.39 is 0 Å². The monoisotopic (exact) mass is 439 g/mol. The van der Waals surface area contributed by atoms with Crippen LogP contribution >= 0.6 is 0 Å². The highest BCUT2D eigenvalue weighted by Gasteiger charge is 2.37. The third kappa shape index (κ3) is 3.74. The zero-order chi connectivity index (χ0) is 23.8. The van der Waals surface area contributed by atoms with Crippen molar-refractivity contribution in [3.05, 3.63) is 70.8 Å². The van der Waals surface area contributed by atoms with Crippen LogP contribution in [-0.2, 0) is 16.2 Å². The van der Waals surface area contributed by atoms with E-state index in [1.54, 1.807) is 0 Å². The van der Waals surface area contributed by atoms with Crippen molar-refractivity contribution < 1.29 is 4.42 Å². The largest absolute Gasteiger partial charge is 0.456 e. The second-order valence-corrected chi connectivity index (χ2v) is 12.4. The maximum atomic E-state index is 6.15. The minimum Gasteiger partial charge on any atom is -0.456 e. The maximum absolute atomic E-state index is 6.15. The van der Waals surface area contributed by atoms with Gasteiger partial charge >= 0.3 is 0 Å². The molecular formula is C31H37NO. The van der Waals surface area contributed by atoms with Crippen LogP contribution in [0.5, 0.6) is 0 Å². The number of benzene rings is 3. The molecule has 1 aromatic heterocycles. The Hall–Kier alpha value is -2.74. The standard InChI is InChI=1S/C31H37NO/c1-19-15-24-25(31(7,8)14-13-30(24,5)6)18-26(19)32-21-10-12-28-23(17-21)22-16-20(29(2,3)4)9-11-27(22)33-28/h9-12,15-18,32H,13-14H2,1-8H3. The predicted molar refractivity (Wildman–Crippen MR) is 142 cm³/mol. The molecule has 0 saturated heterocycles. The van der Waals surface area contributed by atoms with Crippen LogP contribution in [0, 0.1) is 6.92 Å². The summed E-state index contributed by atoms with van der Waals surface area (Å²) in [5, 5.41) is 6.09. The van der Waals surface area contributed by atoms with E-state index >= 15 is 0 Å². The number of rotatable bonds is 2. The molecule has 0 fully saturated rings. The average Bonchev–Trinajstić information content (AvgIpc) is 3.09. The number of nitrogens with one attached hydrogen (secondary N) is 1. The second kappa shape index (κ2) is 7.13. The second-order valence-electron chi connectivity index (χ2n) is 12.4. The molecule has 3 aromatic carbocycles. The maximum Gasteiger partial charge on any atom is 0.135 e. The number of hydrogen-bond donors (Lipinski definition) is 1. The van der Waals surface area contributed by atoms with Crippen molar-refractivity contribution >= 4 is 33.3 Å². The van der Waals surface area contributed by atoms with Crippen molar-refractivity contribution in [2.45, 2.75) is 84.5 Å². The lowest BCUT2D eigenvalue weighted by molar-refractivity contribution is 0.332. The van der Waals surface area contributed by atoms with Crippen LogP contribution in [0.25, 0.3) is 21.9 Å². The zero-order valence-corrected chi connectivity index (χ0v) is 21.4. The number of aryl methyl sites for hydroxylation is 1. The first-order chi connectivity index (χ1) is 15.3. The molecule has 5 rings (SSSR count). The van der Waals surface area contributed by atoms with Gasteiger partial charge in [0.15, 0.2) is 0 Å². The smallest absolute Gasteiger partial charge is 0.135 e. The van der Waals surface area contributed by atoms with Gasteiger partial charge in [0.25, 0.3) is 0 Å². The minimum atomic E-state index is 0.106. The lowest BCUT2D eigenvalue weighted by Crippen LogP contribution is -2.34. The Balaban J connectivity index is 1.59. The summed E-state index contributed by atoms with van der Waals surface area (Å²) in [4.78, 5) is 0. The van der Waals surface area contributed by atoms with E-state index in [1.165, 1.54) is 46.2 Å². The Labute approximate surface area is 198 Å². The summed E-state index contributed by atoms with van der Waals surface area (Å²) in [6.07, 6.45) is 2.46. The Morgan fingerprint density at radius 2 is 1.33 bits per heavy atom. The van der Waals surface area contributed by atoms with E-state index in [1.807, 2.05) is 0 Å². The van der Waals surface area contributed by atoms with E-state index in [2.05, 4.69) is 109 Å². The third-order valence-electron chi connectivity index (χ3n) is 7.81. The molecule has 0 unspecified atom stereocenters. The Bertz CT molecular complexity index is 1380. The first kappa shape index (κ1) is 22.1. The summed E-state index contributed by atoms with van der Waals surface area (Å²) in [5.74, 6) is 0. The number of furan rings is 1. The van der Waals surface area contributed by atoms with Crippen LogP contribution in [0.15, 0.2) is 52.9 Å². The molecule has 2 nitrogen and oxygen atoms in total. The van der Waals surface area contributed by atoms with Crippen molar-refractivity contribution in [1.82, 2.24) is 0 Å². The van der Waals surface area contributed by atoms with Gasteiger partial charge in [0.1, 0.15) is 11.2 Å².